The molecule has 0 unspecified atom stereocenters. The van der Waals surface area contributed by atoms with E-state index in [0.717, 1.165) is 22.9 Å². The molecule has 0 aliphatic carbocycles. The van der Waals surface area contributed by atoms with Crippen molar-refractivity contribution in [2.75, 3.05) is 12.4 Å². The summed E-state index contributed by atoms with van der Waals surface area (Å²) in [6.07, 6.45) is 2.07. The van der Waals surface area contributed by atoms with Crippen LogP contribution >= 0.6 is 0 Å². The zero-order chi connectivity index (χ0) is 18.4. The van der Waals surface area contributed by atoms with Crippen molar-refractivity contribution in [2.45, 2.75) is 32.9 Å². The van der Waals surface area contributed by atoms with E-state index < -0.39 is 11.6 Å². The first-order chi connectivity index (χ1) is 11.8. The van der Waals surface area contributed by atoms with E-state index in [-0.39, 0.29) is 23.5 Å². The number of nitrogens with one attached hydrogen (secondary N) is 1. The van der Waals surface area contributed by atoms with Gasteiger partial charge in [-0.1, -0.05) is 12.1 Å². The second kappa shape index (κ2) is 6.15. The minimum Gasteiger partial charge on any atom is -0.493 e. The summed E-state index contributed by atoms with van der Waals surface area (Å²) in [5.41, 5.74) is 3.96. The number of rotatable bonds is 3. The van der Waals surface area contributed by atoms with E-state index in [1.165, 1.54) is 13.2 Å². The average molecular weight is 345 g/mol. The van der Waals surface area contributed by atoms with Crippen molar-refractivity contribution in [3.63, 3.8) is 0 Å². The molecule has 2 N–H and O–H groups in total. The van der Waals surface area contributed by atoms with Crippen molar-refractivity contribution in [2.24, 2.45) is 0 Å². The van der Waals surface area contributed by atoms with Gasteiger partial charge in [0.05, 0.1) is 19.3 Å². The first kappa shape index (κ1) is 17.4. The predicted molar refractivity (Wildman–Crippen MR) is 95.6 cm³/mol. The number of allylic oxidation sites excluding steroid dienone is 1. The van der Waals surface area contributed by atoms with Crippen LogP contribution in [0.1, 0.15) is 31.9 Å². The molecule has 25 heavy (non-hydrogen) atoms. The minimum atomic E-state index is -0.773. The summed E-state index contributed by atoms with van der Waals surface area (Å²) in [6, 6.07) is 5.63. The van der Waals surface area contributed by atoms with Crippen LogP contribution < -0.4 is 10.1 Å². The summed E-state index contributed by atoms with van der Waals surface area (Å²) in [5, 5.41) is 13.4. The highest BCUT2D eigenvalue weighted by molar-refractivity contribution is 5.88. The Morgan fingerprint density at radius 1 is 1.16 bits per heavy atom. The number of hydrogen-bond donors (Lipinski definition) is 2. The maximum absolute atomic E-state index is 14.1. The Balaban J connectivity index is 2.30. The molecule has 2 aromatic rings. The highest BCUT2D eigenvalue weighted by Crippen LogP contribution is 2.43. The van der Waals surface area contributed by atoms with Crippen LogP contribution in [0.5, 0.6) is 5.75 Å². The Bertz CT molecular complexity index is 872. The topological polar surface area (TPSA) is 41.5 Å². The molecule has 0 spiro atoms. The lowest BCUT2D eigenvalue weighted by atomic mass is 9.85. The Morgan fingerprint density at radius 2 is 1.88 bits per heavy atom. The van der Waals surface area contributed by atoms with E-state index >= 15 is 0 Å². The van der Waals surface area contributed by atoms with Gasteiger partial charge in [-0.15, -0.1) is 0 Å². The van der Waals surface area contributed by atoms with Gasteiger partial charge in [-0.25, -0.2) is 8.78 Å². The van der Waals surface area contributed by atoms with E-state index in [4.69, 9.17) is 4.74 Å². The van der Waals surface area contributed by atoms with Gasteiger partial charge in [-0.05, 0) is 49.6 Å². The fourth-order valence-electron chi connectivity index (χ4n) is 3.58. The molecule has 1 heterocycles. The van der Waals surface area contributed by atoms with Gasteiger partial charge in [0.15, 0.2) is 11.6 Å². The van der Waals surface area contributed by atoms with Gasteiger partial charge < -0.3 is 15.2 Å². The minimum absolute atomic E-state index is 0.0400. The summed E-state index contributed by atoms with van der Waals surface area (Å²) in [6.45, 7) is 5.81. The number of ether oxygens (including phenoxy) is 1. The molecule has 0 amide bonds. The molecule has 0 bridgehead atoms. The Morgan fingerprint density at radius 3 is 2.52 bits per heavy atom. The fourth-order valence-corrected chi connectivity index (χ4v) is 3.58. The van der Waals surface area contributed by atoms with E-state index in [1.54, 1.807) is 6.07 Å². The molecule has 132 valence electrons. The molecule has 1 aliphatic heterocycles. The molecular weight excluding hydrogens is 324 g/mol. The number of hydrogen-bond acceptors (Lipinski definition) is 3. The maximum Gasteiger partial charge on any atom is 0.168 e. The lowest BCUT2D eigenvalue weighted by Gasteiger charge is -2.33. The third-order valence-electron chi connectivity index (χ3n) is 4.40. The molecular formula is C20H21F2NO2. The smallest absolute Gasteiger partial charge is 0.168 e. The Hall–Kier alpha value is -2.40. The molecule has 0 radical (unpaired) electrons. The van der Waals surface area contributed by atoms with Crippen molar-refractivity contribution < 1.29 is 18.6 Å². The zero-order valence-electron chi connectivity index (χ0n) is 14.7. The predicted octanol–water partition coefficient (Wildman–Crippen LogP) is 4.74. The Kier molecular flexibility index (Phi) is 4.29. The first-order valence-corrected chi connectivity index (χ1v) is 8.05. The quantitative estimate of drug-likeness (QED) is 0.844. The summed E-state index contributed by atoms with van der Waals surface area (Å²) in [7, 11) is 1.34. The van der Waals surface area contributed by atoms with Crippen LogP contribution in [0.25, 0.3) is 16.7 Å². The largest absolute Gasteiger partial charge is 0.493 e. The molecule has 1 aliphatic rings. The van der Waals surface area contributed by atoms with E-state index in [0.29, 0.717) is 11.1 Å². The van der Waals surface area contributed by atoms with Crippen LogP contribution in [-0.4, -0.2) is 17.8 Å². The maximum atomic E-state index is 14.1. The van der Waals surface area contributed by atoms with Crippen molar-refractivity contribution in [1.29, 1.82) is 0 Å². The summed E-state index contributed by atoms with van der Waals surface area (Å²) in [5.74, 6) is -1.51. The molecule has 2 aromatic carbocycles. The van der Waals surface area contributed by atoms with Gasteiger partial charge in [0.1, 0.15) is 5.82 Å². The molecule has 0 saturated carbocycles. The number of aliphatic hydroxyl groups is 1. The highest BCUT2D eigenvalue weighted by Gasteiger charge is 2.27. The normalized spacial score (nSPS) is 15.2. The SMILES string of the molecule is COc1c(F)cc(F)cc1-c1ccc2c(c1CO)C(C)=CC(C)(C)N2. The highest BCUT2D eigenvalue weighted by atomic mass is 19.1. The van der Waals surface area contributed by atoms with Crippen molar-refractivity contribution in [3.8, 4) is 16.9 Å². The lowest BCUT2D eigenvalue weighted by Crippen LogP contribution is -2.31. The number of anilines is 1. The van der Waals surface area contributed by atoms with Crippen LogP contribution in [0.4, 0.5) is 14.5 Å². The van der Waals surface area contributed by atoms with Gasteiger partial charge >= 0.3 is 0 Å². The summed E-state index contributed by atoms with van der Waals surface area (Å²) in [4.78, 5) is 0. The number of benzene rings is 2. The molecule has 0 fully saturated rings. The summed E-state index contributed by atoms with van der Waals surface area (Å²) < 4.78 is 33.0. The third kappa shape index (κ3) is 3.00. The monoisotopic (exact) mass is 345 g/mol. The van der Waals surface area contributed by atoms with Gasteiger partial charge in [0.2, 0.25) is 0 Å². The number of aliphatic hydroxyl groups excluding tert-OH is 1. The number of methoxy groups -OCH3 is 1. The molecule has 3 rings (SSSR count). The second-order valence-electron chi connectivity index (χ2n) is 6.81. The van der Waals surface area contributed by atoms with Crippen LogP contribution in [0, 0.1) is 11.6 Å². The van der Waals surface area contributed by atoms with Crippen LogP contribution in [-0.2, 0) is 6.61 Å². The van der Waals surface area contributed by atoms with Crippen molar-refractivity contribution >= 4 is 11.3 Å². The van der Waals surface area contributed by atoms with Crippen LogP contribution in [0.2, 0.25) is 0 Å². The van der Waals surface area contributed by atoms with E-state index in [9.17, 15) is 13.9 Å². The average Bonchev–Trinajstić information content (AvgIpc) is 2.51. The van der Waals surface area contributed by atoms with Crippen molar-refractivity contribution in [3.05, 3.63) is 53.1 Å². The summed E-state index contributed by atoms with van der Waals surface area (Å²) >= 11 is 0. The van der Waals surface area contributed by atoms with Gasteiger partial charge in [0, 0.05) is 22.9 Å². The van der Waals surface area contributed by atoms with E-state index in [2.05, 4.69) is 25.2 Å². The molecule has 0 atom stereocenters. The lowest BCUT2D eigenvalue weighted by molar-refractivity contribution is 0.282. The molecule has 0 aromatic heterocycles. The first-order valence-electron chi connectivity index (χ1n) is 8.05. The van der Waals surface area contributed by atoms with Gasteiger partial charge in [-0.2, -0.15) is 0 Å². The molecule has 0 saturated heterocycles. The number of halogens is 2. The van der Waals surface area contributed by atoms with E-state index in [1.807, 2.05) is 13.0 Å². The molecule has 3 nitrogen and oxygen atoms in total. The fraction of sp³-hybridized carbons (Fsp3) is 0.300. The van der Waals surface area contributed by atoms with Crippen LogP contribution in [0.15, 0.2) is 30.3 Å². The zero-order valence-corrected chi connectivity index (χ0v) is 14.7. The molecule has 5 heteroatoms. The Labute approximate surface area is 146 Å². The van der Waals surface area contributed by atoms with Gasteiger partial charge in [-0.3, -0.25) is 0 Å². The second-order valence-corrected chi connectivity index (χ2v) is 6.81. The van der Waals surface area contributed by atoms with Gasteiger partial charge in [0.25, 0.3) is 0 Å². The standard InChI is InChI=1S/C20H21F2NO2/c1-11-9-20(2,3)23-17-6-5-13(15(10-24)18(11)17)14-7-12(21)8-16(22)19(14)25-4/h5-9,23-24H,10H2,1-4H3. The number of fused-ring (bicyclic) bond motifs is 1. The third-order valence-corrected chi connectivity index (χ3v) is 4.40. The van der Waals surface area contributed by atoms with Crippen molar-refractivity contribution in [1.82, 2.24) is 0 Å². The van der Waals surface area contributed by atoms with Crippen LogP contribution in [0.3, 0.4) is 0 Å².